The number of imidazole rings is 1. The summed E-state index contributed by atoms with van der Waals surface area (Å²) < 4.78 is 2.20. The number of benzene rings is 2. The molecule has 3 aromatic rings. The maximum Gasteiger partial charge on any atom is 0.0951 e. The van der Waals surface area contributed by atoms with Crippen molar-refractivity contribution in [1.29, 1.82) is 0 Å². The molecule has 3 rings (SSSR count). The van der Waals surface area contributed by atoms with Gasteiger partial charge in [0.05, 0.1) is 12.0 Å². The predicted octanol–water partition coefficient (Wildman–Crippen LogP) is 3.91. The molecule has 1 N–H and O–H groups in total. The van der Waals surface area contributed by atoms with Gasteiger partial charge in [0, 0.05) is 25.3 Å². The zero-order chi connectivity index (χ0) is 14.7. The van der Waals surface area contributed by atoms with Crippen molar-refractivity contribution in [2.45, 2.75) is 33.0 Å². The topological polar surface area (TPSA) is 29.9 Å². The van der Waals surface area contributed by atoms with Gasteiger partial charge in [-0.1, -0.05) is 42.5 Å². The van der Waals surface area contributed by atoms with Gasteiger partial charge < -0.3 is 9.88 Å². The van der Waals surface area contributed by atoms with Crippen LogP contribution in [0.4, 0.5) is 0 Å². The third-order valence-electron chi connectivity index (χ3n) is 3.80. The van der Waals surface area contributed by atoms with E-state index < -0.39 is 0 Å². The largest absolute Gasteiger partial charge is 0.331 e. The maximum atomic E-state index is 4.24. The van der Waals surface area contributed by atoms with Crippen LogP contribution in [-0.4, -0.2) is 9.55 Å². The minimum atomic E-state index is 0.446. The van der Waals surface area contributed by atoms with E-state index in [1.807, 2.05) is 12.5 Å². The first-order valence-corrected chi connectivity index (χ1v) is 7.44. The van der Waals surface area contributed by atoms with Crippen molar-refractivity contribution in [2.75, 3.05) is 0 Å². The zero-order valence-electron chi connectivity index (χ0n) is 12.6. The summed E-state index contributed by atoms with van der Waals surface area (Å²) in [6.45, 7) is 6.05. The predicted molar refractivity (Wildman–Crippen MR) is 87.1 cm³/mol. The van der Waals surface area contributed by atoms with Gasteiger partial charge in [0.1, 0.15) is 0 Å². The molecule has 0 aliphatic rings. The molecule has 0 fully saturated rings. The molecule has 0 bridgehead atoms. The van der Waals surface area contributed by atoms with Crippen LogP contribution in [-0.2, 0) is 13.1 Å². The van der Waals surface area contributed by atoms with E-state index in [2.05, 4.69) is 71.2 Å². The Labute approximate surface area is 125 Å². The highest BCUT2D eigenvalue weighted by atomic mass is 15.1. The summed E-state index contributed by atoms with van der Waals surface area (Å²) in [4.78, 5) is 4.24. The highest BCUT2D eigenvalue weighted by Gasteiger charge is 2.05. The standard InChI is InChI=1S/C18H21N3/c1-14(2)21-13-20-12-17(21)11-19-10-16-8-5-7-15-6-3-4-9-18(15)16/h3-9,12-14,19H,10-11H2,1-2H3. The Morgan fingerprint density at radius 2 is 1.86 bits per heavy atom. The molecule has 0 spiro atoms. The van der Waals surface area contributed by atoms with Gasteiger partial charge >= 0.3 is 0 Å². The smallest absolute Gasteiger partial charge is 0.0951 e. The van der Waals surface area contributed by atoms with Crippen molar-refractivity contribution in [3.63, 3.8) is 0 Å². The van der Waals surface area contributed by atoms with Crippen LogP contribution < -0.4 is 5.32 Å². The van der Waals surface area contributed by atoms with Gasteiger partial charge in [-0.25, -0.2) is 4.98 Å². The van der Waals surface area contributed by atoms with Crippen molar-refractivity contribution >= 4 is 10.8 Å². The second kappa shape index (κ2) is 6.10. The summed E-state index contributed by atoms with van der Waals surface area (Å²) >= 11 is 0. The van der Waals surface area contributed by atoms with E-state index in [1.165, 1.54) is 22.0 Å². The van der Waals surface area contributed by atoms with Crippen LogP contribution in [0.15, 0.2) is 55.0 Å². The second-order valence-electron chi connectivity index (χ2n) is 5.63. The van der Waals surface area contributed by atoms with Crippen LogP contribution in [0.1, 0.15) is 31.1 Å². The average Bonchev–Trinajstić information content (AvgIpc) is 2.96. The monoisotopic (exact) mass is 279 g/mol. The molecular formula is C18H21N3. The molecule has 0 amide bonds. The first-order chi connectivity index (χ1) is 10.3. The quantitative estimate of drug-likeness (QED) is 0.767. The number of fused-ring (bicyclic) bond motifs is 1. The van der Waals surface area contributed by atoms with Crippen LogP contribution in [0.5, 0.6) is 0 Å². The maximum absolute atomic E-state index is 4.24. The van der Waals surface area contributed by atoms with Crippen LogP contribution >= 0.6 is 0 Å². The van der Waals surface area contributed by atoms with Gasteiger partial charge in [-0.15, -0.1) is 0 Å². The van der Waals surface area contributed by atoms with E-state index in [1.54, 1.807) is 0 Å². The van der Waals surface area contributed by atoms with Crippen LogP contribution in [0.2, 0.25) is 0 Å². The molecule has 3 nitrogen and oxygen atoms in total. The van der Waals surface area contributed by atoms with Crippen molar-refractivity contribution in [1.82, 2.24) is 14.9 Å². The van der Waals surface area contributed by atoms with E-state index in [0.717, 1.165) is 13.1 Å². The lowest BCUT2D eigenvalue weighted by Gasteiger charge is -2.13. The summed E-state index contributed by atoms with van der Waals surface area (Å²) in [5, 5.41) is 6.15. The van der Waals surface area contributed by atoms with Gasteiger partial charge in [-0.2, -0.15) is 0 Å². The Morgan fingerprint density at radius 1 is 1.05 bits per heavy atom. The van der Waals surface area contributed by atoms with E-state index >= 15 is 0 Å². The van der Waals surface area contributed by atoms with E-state index in [4.69, 9.17) is 0 Å². The number of hydrogen-bond donors (Lipinski definition) is 1. The zero-order valence-corrected chi connectivity index (χ0v) is 12.6. The minimum absolute atomic E-state index is 0.446. The molecular weight excluding hydrogens is 258 g/mol. The third kappa shape index (κ3) is 2.98. The normalized spacial score (nSPS) is 11.4. The highest BCUT2D eigenvalue weighted by molar-refractivity contribution is 5.85. The van der Waals surface area contributed by atoms with E-state index in [-0.39, 0.29) is 0 Å². The SMILES string of the molecule is CC(C)n1cncc1CNCc1cccc2ccccc12. The second-order valence-corrected chi connectivity index (χ2v) is 5.63. The first kappa shape index (κ1) is 13.8. The first-order valence-electron chi connectivity index (χ1n) is 7.44. The molecule has 0 saturated carbocycles. The number of hydrogen-bond acceptors (Lipinski definition) is 2. The molecule has 0 unspecified atom stereocenters. The fourth-order valence-corrected chi connectivity index (χ4v) is 2.71. The Balaban J connectivity index is 1.71. The Kier molecular flexibility index (Phi) is 4.02. The van der Waals surface area contributed by atoms with Gasteiger partial charge in [0.2, 0.25) is 0 Å². The lowest BCUT2D eigenvalue weighted by molar-refractivity contribution is 0.551. The summed E-state index contributed by atoms with van der Waals surface area (Å²) in [7, 11) is 0. The molecule has 1 aromatic heterocycles. The molecule has 3 heteroatoms. The molecule has 0 aliphatic carbocycles. The molecule has 1 heterocycles. The van der Waals surface area contributed by atoms with E-state index in [0.29, 0.717) is 6.04 Å². The van der Waals surface area contributed by atoms with Gasteiger partial charge in [0.15, 0.2) is 0 Å². The van der Waals surface area contributed by atoms with Crippen LogP contribution in [0.3, 0.4) is 0 Å². The third-order valence-corrected chi connectivity index (χ3v) is 3.80. The van der Waals surface area contributed by atoms with Gasteiger partial charge in [0.25, 0.3) is 0 Å². The molecule has 108 valence electrons. The summed E-state index contributed by atoms with van der Waals surface area (Å²) in [5.74, 6) is 0. The van der Waals surface area contributed by atoms with Crippen LogP contribution in [0, 0.1) is 0 Å². The van der Waals surface area contributed by atoms with Gasteiger partial charge in [-0.3, -0.25) is 0 Å². The Hall–Kier alpha value is -2.13. The van der Waals surface area contributed by atoms with E-state index in [9.17, 15) is 0 Å². The van der Waals surface area contributed by atoms with Crippen molar-refractivity contribution in [3.05, 3.63) is 66.2 Å². The number of aromatic nitrogens is 2. The number of nitrogens with zero attached hydrogens (tertiary/aromatic N) is 2. The van der Waals surface area contributed by atoms with Crippen molar-refractivity contribution in [2.24, 2.45) is 0 Å². The average molecular weight is 279 g/mol. The van der Waals surface area contributed by atoms with Crippen LogP contribution in [0.25, 0.3) is 10.8 Å². The molecule has 0 saturated heterocycles. The molecule has 21 heavy (non-hydrogen) atoms. The summed E-state index contributed by atoms with van der Waals surface area (Å²) in [6.07, 6.45) is 3.84. The minimum Gasteiger partial charge on any atom is -0.331 e. The fourth-order valence-electron chi connectivity index (χ4n) is 2.71. The number of nitrogens with one attached hydrogen (secondary N) is 1. The molecule has 0 radical (unpaired) electrons. The lowest BCUT2D eigenvalue weighted by Crippen LogP contribution is -2.16. The fraction of sp³-hybridized carbons (Fsp3) is 0.278. The number of rotatable bonds is 5. The molecule has 0 aliphatic heterocycles. The molecule has 2 aromatic carbocycles. The van der Waals surface area contributed by atoms with Gasteiger partial charge in [-0.05, 0) is 30.2 Å². The summed E-state index contributed by atoms with van der Waals surface area (Å²) in [5.41, 5.74) is 2.56. The Bertz CT molecular complexity index is 723. The lowest BCUT2D eigenvalue weighted by atomic mass is 10.0. The molecule has 0 atom stereocenters. The Morgan fingerprint density at radius 3 is 2.71 bits per heavy atom. The summed E-state index contributed by atoms with van der Waals surface area (Å²) in [6, 6.07) is 15.4. The van der Waals surface area contributed by atoms with Crippen molar-refractivity contribution in [3.8, 4) is 0 Å². The van der Waals surface area contributed by atoms with Crippen molar-refractivity contribution < 1.29 is 0 Å². The highest BCUT2D eigenvalue weighted by Crippen LogP contribution is 2.18.